The molecule has 0 fully saturated rings. The molecule has 1 heterocycles. The molecule has 0 saturated heterocycles. The van der Waals surface area contributed by atoms with E-state index >= 15 is 0 Å². The fourth-order valence-corrected chi connectivity index (χ4v) is 2.03. The molecule has 2 rings (SSSR count). The number of nitrogens with zero attached hydrogens (tertiary/aromatic N) is 1. The van der Waals surface area contributed by atoms with Crippen LogP contribution in [-0.4, -0.2) is 16.4 Å². The van der Waals surface area contributed by atoms with E-state index in [2.05, 4.69) is 10.3 Å². The maximum absolute atomic E-state index is 12.6. The van der Waals surface area contributed by atoms with Gasteiger partial charge in [-0.25, -0.2) is 0 Å². The summed E-state index contributed by atoms with van der Waals surface area (Å²) in [6, 6.07) is 7.20. The van der Waals surface area contributed by atoms with E-state index < -0.39 is 11.0 Å². The molecule has 0 atom stereocenters. The molecule has 1 aromatic heterocycles. The molecule has 0 radical (unpaired) electrons. The topological polar surface area (TPSA) is 68.0 Å². The zero-order chi connectivity index (χ0) is 15.8. The SMILES string of the molecule is CC(C)(N)C(C)(C)C(=O)Nc1ccc(Cl)c2cccnc12. The van der Waals surface area contributed by atoms with Crippen LogP contribution >= 0.6 is 11.6 Å². The highest BCUT2D eigenvalue weighted by Gasteiger charge is 2.40. The van der Waals surface area contributed by atoms with E-state index in [1.54, 1.807) is 18.3 Å². The normalized spacial score (nSPS) is 12.5. The Morgan fingerprint density at radius 2 is 1.90 bits per heavy atom. The maximum Gasteiger partial charge on any atom is 0.231 e. The molecule has 0 aliphatic rings. The summed E-state index contributed by atoms with van der Waals surface area (Å²) in [5.74, 6) is -0.149. The lowest BCUT2D eigenvalue weighted by atomic mass is 9.74. The predicted octanol–water partition coefficient (Wildman–Crippen LogP) is 3.59. The predicted molar refractivity (Wildman–Crippen MR) is 87.4 cm³/mol. The van der Waals surface area contributed by atoms with Gasteiger partial charge in [-0.05, 0) is 52.0 Å². The Kier molecular flexibility index (Phi) is 3.95. The van der Waals surface area contributed by atoms with Gasteiger partial charge < -0.3 is 11.1 Å². The van der Waals surface area contributed by atoms with Gasteiger partial charge in [0.2, 0.25) is 5.91 Å². The van der Waals surface area contributed by atoms with Crippen molar-refractivity contribution in [2.75, 3.05) is 5.32 Å². The number of fused-ring (bicyclic) bond motifs is 1. The van der Waals surface area contributed by atoms with Crippen molar-refractivity contribution in [3.63, 3.8) is 0 Å². The first-order valence-electron chi connectivity index (χ1n) is 6.78. The Balaban J connectivity index is 2.42. The van der Waals surface area contributed by atoms with Gasteiger partial charge in [0.05, 0.1) is 21.6 Å². The summed E-state index contributed by atoms with van der Waals surface area (Å²) in [5, 5.41) is 4.33. The summed E-state index contributed by atoms with van der Waals surface area (Å²) in [7, 11) is 0. The van der Waals surface area contributed by atoms with E-state index in [9.17, 15) is 4.79 Å². The molecule has 0 spiro atoms. The van der Waals surface area contributed by atoms with Crippen molar-refractivity contribution in [3.8, 4) is 0 Å². The van der Waals surface area contributed by atoms with Crippen molar-refractivity contribution in [3.05, 3.63) is 35.5 Å². The van der Waals surface area contributed by atoms with Crippen molar-refractivity contribution < 1.29 is 4.79 Å². The summed E-state index contributed by atoms with van der Waals surface area (Å²) in [4.78, 5) is 16.9. The number of aromatic nitrogens is 1. The van der Waals surface area contributed by atoms with Crippen LogP contribution in [0, 0.1) is 5.41 Å². The summed E-state index contributed by atoms with van der Waals surface area (Å²) < 4.78 is 0. The largest absolute Gasteiger partial charge is 0.325 e. The average Bonchev–Trinajstić information content (AvgIpc) is 2.41. The fourth-order valence-electron chi connectivity index (χ4n) is 1.81. The number of nitrogens with two attached hydrogens (primary N) is 1. The number of carbonyl (C=O) groups excluding carboxylic acids is 1. The van der Waals surface area contributed by atoms with E-state index in [4.69, 9.17) is 17.3 Å². The highest BCUT2D eigenvalue weighted by atomic mass is 35.5. The summed E-state index contributed by atoms with van der Waals surface area (Å²) in [6.07, 6.45) is 1.67. The zero-order valence-electron chi connectivity index (χ0n) is 12.7. The Hall–Kier alpha value is -1.65. The van der Waals surface area contributed by atoms with Crippen molar-refractivity contribution in [1.82, 2.24) is 4.98 Å². The van der Waals surface area contributed by atoms with Gasteiger partial charge in [0.1, 0.15) is 0 Å². The number of hydrogen-bond donors (Lipinski definition) is 2. The standard InChI is InChI=1S/C16H20ClN3O/c1-15(2,16(3,4)18)14(21)20-12-8-7-11(17)10-6-5-9-19-13(10)12/h5-9H,18H2,1-4H3,(H,20,21). The smallest absolute Gasteiger partial charge is 0.231 e. The third-order valence-corrected chi connectivity index (χ3v) is 4.47. The van der Waals surface area contributed by atoms with Crippen molar-refractivity contribution in [2.45, 2.75) is 33.2 Å². The van der Waals surface area contributed by atoms with Gasteiger partial charge in [0, 0.05) is 17.1 Å². The number of hydrogen-bond acceptors (Lipinski definition) is 3. The van der Waals surface area contributed by atoms with Crippen LogP contribution in [0.15, 0.2) is 30.5 Å². The summed E-state index contributed by atoms with van der Waals surface area (Å²) >= 11 is 6.16. The van der Waals surface area contributed by atoms with Crippen LogP contribution in [0.4, 0.5) is 5.69 Å². The molecule has 0 aliphatic heterocycles. The van der Waals surface area contributed by atoms with Gasteiger partial charge in [0.15, 0.2) is 0 Å². The van der Waals surface area contributed by atoms with Gasteiger partial charge in [-0.3, -0.25) is 9.78 Å². The Morgan fingerprint density at radius 1 is 1.24 bits per heavy atom. The van der Waals surface area contributed by atoms with Crippen LogP contribution in [0.25, 0.3) is 10.9 Å². The van der Waals surface area contributed by atoms with Crippen LogP contribution in [0.2, 0.25) is 5.02 Å². The lowest BCUT2D eigenvalue weighted by Crippen LogP contribution is -2.53. The molecule has 2 aromatic rings. The van der Waals surface area contributed by atoms with Crippen LogP contribution in [-0.2, 0) is 4.79 Å². The number of pyridine rings is 1. The molecule has 5 heteroatoms. The van der Waals surface area contributed by atoms with Gasteiger partial charge in [-0.1, -0.05) is 11.6 Å². The Bertz CT molecular complexity index is 689. The number of nitrogens with one attached hydrogen (secondary N) is 1. The average molecular weight is 306 g/mol. The number of rotatable bonds is 3. The quantitative estimate of drug-likeness (QED) is 0.910. The van der Waals surface area contributed by atoms with Crippen LogP contribution in [0.5, 0.6) is 0 Å². The van der Waals surface area contributed by atoms with E-state index in [-0.39, 0.29) is 5.91 Å². The Labute approximate surface area is 129 Å². The molecule has 21 heavy (non-hydrogen) atoms. The first-order valence-corrected chi connectivity index (χ1v) is 7.16. The first kappa shape index (κ1) is 15.7. The van der Waals surface area contributed by atoms with E-state index in [1.165, 1.54) is 0 Å². The van der Waals surface area contributed by atoms with Crippen LogP contribution in [0.1, 0.15) is 27.7 Å². The molecule has 0 bridgehead atoms. The number of halogens is 1. The fraction of sp³-hybridized carbons (Fsp3) is 0.375. The Morgan fingerprint density at radius 3 is 2.52 bits per heavy atom. The van der Waals surface area contributed by atoms with Crippen molar-refractivity contribution in [1.29, 1.82) is 0 Å². The summed E-state index contributed by atoms with van der Waals surface area (Å²) in [5.41, 5.74) is 6.04. The first-order chi connectivity index (χ1) is 9.64. The molecule has 0 unspecified atom stereocenters. The minimum atomic E-state index is -0.728. The highest BCUT2D eigenvalue weighted by molar-refractivity contribution is 6.35. The molecule has 3 N–H and O–H groups in total. The molecule has 4 nitrogen and oxygen atoms in total. The second kappa shape index (κ2) is 5.28. The van der Waals surface area contributed by atoms with E-state index in [0.29, 0.717) is 16.2 Å². The number of benzene rings is 1. The highest BCUT2D eigenvalue weighted by Crippen LogP contribution is 2.32. The minimum absolute atomic E-state index is 0.149. The second-order valence-electron chi connectivity index (χ2n) is 6.30. The third kappa shape index (κ3) is 2.87. The van der Waals surface area contributed by atoms with Gasteiger partial charge >= 0.3 is 0 Å². The number of carbonyl (C=O) groups is 1. The summed E-state index contributed by atoms with van der Waals surface area (Å²) in [6.45, 7) is 7.33. The number of anilines is 1. The molecular weight excluding hydrogens is 286 g/mol. The molecular formula is C16H20ClN3O. The van der Waals surface area contributed by atoms with Crippen LogP contribution in [0.3, 0.4) is 0 Å². The molecule has 0 aliphatic carbocycles. The molecule has 1 amide bonds. The van der Waals surface area contributed by atoms with Gasteiger partial charge in [-0.15, -0.1) is 0 Å². The van der Waals surface area contributed by atoms with Crippen LogP contribution < -0.4 is 11.1 Å². The van der Waals surface area contributed by atoms with Gasteiger partial charge in [0.25, 0.3) is 0 Å². The molecule has 1 aromatic carbocycles. The molecule has 112 valence electrons. The second-order valence-corrected chi connectivity index (χ2v) is 6.70. The zero-order valence-corrected chi connectivity index (χ0v) is 13.5. The third-order valence-electron chi connectivity index (χ3n) is 4.14. The van der Waals surface area contributed by atoms with Gasteiger partial charge in [-0.2, -0.15) is 0 Å². The van der Waals surface area contributed by atoms with E-state index in [0.717, 1.165) is 5.39 Å². The minimum Gasteiger partial charge on any atom is -0.325 e. The van der Waals surface area contributed by atoms with E-state index in [1.807, 2.05) is 39.8 Å². The lowest BCUT2D eigenvalue weighted by molar-refractivity contribution is -0.126. The lowest BCUT2D eigenvalue weighted by Gasteiger charge is -2.36. The molecule has 0 saturated carbocycles. The monoisotopic (exact) mass is 305 g/mol. The van der Waals surface area contributed by atoms with Crippen molar-refractivity contribution in [2.24, 2.45) is 11.1 Å². The van der Waals surface area contributed by atoms with Crippen molar-refractivity contribution >= 4 is 34.1 Å². The maximum atomic E-state index is 12.6. The number of amides is 1.